The van der Waals surface area contributed by atoms with Crippen LogP contribution >= 0.6 is 7.67 Å². The molecule has 1 aliphatic heterocycles. The highest BCUT2D eigenvalue weighted by Gasteiger charge is 2.53. The van der Waals surface area contributed by atoms with E-state index in [9.17, 15) is 34.0 Å². The summed E-state index contributed by atoms with van der Waals surface area (Å²) in [5.74, 6) is -1.28. The Morgan fingerprint density at radius 2 is 1.50 bits per heavy atom. The predicted octanol–water partition coefficient (Wildman–Crippen LogP) is 1.38. The summed E-state index contributed by atoms with van der Waals surface area (Å²) in [7, 11) is -4.29. The van der Waals surface area contributed by atoms with Crippen LogP contribution in [0, 0.1) is 0 Å². The van der Waals surface area contributed by atoms with Gasteiger partial charge in [0.15, 0.2) is 6.23 Å². The van der Waals surface area contributed by atoms with E-state index in [-0.39, 0.29) is 12.2 Å². The molecule has 3 aliphatic rings. The standard InChI is InChI=1S/C28H45N4O11P/c1-17(25(36)41-19-10-6-4-7-11-19)30-44(39,31-18(2)26(37)42-20-12-8-5-9-13-20)40-16-28(3)23(35)22(34)24(43-28)32-15-14-21(33)29-27(32)38/h14-15,17-20,22-24,34-35H,4-13,16H2,1-3H3,(H,29,33,38)(H2,30,31,39)/t17-,18-,22+,23-,24+,28+/m0/s1. The molecule has 248 valence electrons. The van der Waals surface area contributed by atoms with Crippen LogP contribution in [0.15, 0.2) is 21.9 Å². The molecule has 0 aromatic carbocycles. The van der Waals surface area contributed by atoms with Gasteiger partial charge in [0.05, 0.1) is 6.61 Å². The molecule has 0 radical (unpaired) electrons. The fraction of sp³-hybridized carbons (Fsp3) is 0.786. The van der Waals surface area contributed by atoms with Crippen molar-refractivity contribution in [3.63, 3.8) is 0 Å². The third kappa shape index (κ3) is 8.65. The van der Waals surface area contributed by atoms with Crippen LogP contribution in [0.3, 0.4) is 0 Å². The van der Waals surface area contributed by atoms with Gasteiger partial charge in [-0.25, -0.2) is 15.0 Å². The van der Waals surface area contributed by atoms with E-state index >= 15 is 0 Å². The smallest absolute Gasteiger partial charge is 0.342 e. The molecular weight excluding hydrogens is 599 g/mol. The number of esters is 2. The maximum Gasteiger partial charge on any atom is 0.342 e. The van der Waals surface area contributed by atoms with Crippen molar-refractivity contribution in [3.05, 3.63) is 33.1 Å². The minimum atomic E-state index is -4.29. The van der Waals surface area contributed by atoms with Crippen molar-refractivity contribution in [2.45, 2.75) is 133 Å². The number of rotatable bonds is 12. The molecular formula is C28H45N4O11P. The van der Waals surface area contributed by atoms with Crippen LogP contribution in [0.2, 0.25) is 0 Å². The SMILES string of the molecule is C[C@H](NP(=O)(N[C@@H](C)C(=O)OC1CCCCC1)OC[C@@]1(C)O[C@@H](n2ccc(=O)[nH]c2=O)[C@H](O)[C@@H]1O)C(=O)OC1CCCCC1. The Kier molecular flexibility index (Phi) is 11.6. The topological polar surface area (TPSA) is 208 Å². The monoisotopic (exact) mass is 644 g/mol. The van der Waals surface area contributed by atoms with Gasteiger partial charge in [-0.05, 0) is 72.1 Å². The Bertz CT molecular complexity index is 1260. The highest BCUT2D eigenvalue weighted by molar-refractivity contribution is 7.54. The number of hydrogen-bond acceptors (Lipinski definition) is 11. The number of ether oxygens (including phenoxy) is 3. The van der Waals surface area contributed by atoms with E-state index < -0.39 is 73.6 Å². The highest BCUT2D eigenvalue weighted by Crippen LogP contribution is 2.44. The largest absolute Gasteiger partial charge is 0.461 e. The lowest BCUT2D eigenvalue weighted by molar-refractivity contribution is -0.152. The lowest BCUT2D eigenvalue weighted by Crippen LogP contribution is -2.47. The minimum Gasteiger partial charge on any atom is -0.461 e. The Hall–Kier alpha value is -2.39. The second-order valence-electron chi connectivity index (χ2n) is 12.2. The van der Waals surface area contributed by atoms with Gasteiger partial charge in [-0.1, -0.05) is 12.8 Å². The molecule has 2 aliphatic carbocycles. The zero-order chi connectivity index (χ0) is 32.1. The van der Waals surface area contributed by atoms with Gasteiger partial charge in [0.1, 0.15) is 42.1 Å². The zero-order valence-corrected chi connectivity index (χ0v) is 26.3. The van der Waals surface area contributed by atoms with Crippen molar-refractivity contribution >= 4 is 19.6 Å². The lowest BCUT2D eigenvalue weighted by Gasteiger charge is -2.32. The van der Waals surface area contributed by atoms with Crippen LogP contribution < -0.4 is 21.4 Å². The molecule has 0 spiro atoms. The molecule has 16 heteroatoms. The molecule has 3 fully saturated rings. The van der Waals surface area contributed by atoms with Crippen molar-refractivity contribution in [2.24, 2.45) is 0 Å². The molecule has 0 bridgehead atoms. The summed E-state index contributed by atoms with van der Waals surface area (Å²) in [6, 6.07) is -1.17. The number of aliphatic hydroxyl groups excluding tert-OH is 2. The normalized spacial score (nSPS) is 28.3. The van der Waals surface area contributed by atoms with Gasteiger partial charge in [0.25, 0.3) is 5.56 Å². The molecule has 0 amide bonds. The quantitative estimate of drug-likeness (QED) is 0.161. The van der Waals surface area contributed by atoms with E-state index in [1.807, 2.05) is 0 Å². The van der Waals surface area contributed by atoms with Gasteiger partial charge >= 0.3 is 25.3 Å². The van der Waals surface area contributed by atoms with Crippen LogP contribution in [0.4, 0.5) is 0 Å². The molecule has 1 saturated heterocycles. The van der Waals surface area contributed by atoms with E-state index in [1.165, 1.54) is 20.8 Å². The van der Waals surface area contributed by atoms with E-state index in [0.717, 1.165) is 81.0 Å². The third-order valence-corrected chi connectivity index (χ3v) is 10.3. The zero-order valence-electron chi connectivity index (χ0n) is 25.4. The first-order valence-corrected chi connectivity index (χ1v) is 17.0. The summed E-state index contributed by atoms with van der Waals surface area (Å²) in [6.07, 6.45) is 4.87. The van der Waals surface area contributed by atoms with Crippen LogP contribution in [0.25, 0.3) is 0 Å². The average molecular weight is 645 g/mol. The predicted molar refractivity (Wildman–Crippen MR) is 157 cm³/mol. The molecule has 44 heavy (non-hydrogen) atoms. The molecule has 2 saturated carbocycles. The van der Waals surface area contributed by atoms with E-state index in [4.69, 9.17) is 18.7 Å². The number of nitrogens with one attached hydrogen (secondary N) is 3. The number of aliphatic hydroxyl groups is 2. The van der Waals surface area contributed by atoms with E-state index in [2.05, 4.69) is 15.2 Å². The van der Waals surface area contributed by atoms with Crippen LogP contribution in [-0.2, 0) is 32.9 Å². The molecule has 2 heterocycles. The fourth-order valence-corrected chi connectivity index (χ4v) is 7.64. The maximum absolute atomic E-state index is 14.2. The summed E-state index contributed by atoms with van der Waals surface area (Å²) in [5, 5.41) is 26.9. The summed E-state index contributed by atoms with van der Waals surface area (Å²) < 4.78 is 37.9. The second kappa shape index (κ2) is 14.8. The van der Waals surface area contributed by atoms with Gasteiger partial charge < -0.3 is 28.9 Å². The number of H-pyrrole nitrogens is 1. The Labute approximate surface area is 255 Å². The summed E-state index contributed by atoms with van der Waals surface area (Å²) in [5.41, 5.74) is -3.24. The summed E-state index contributed by atoms with van der Waals surface area (Å²) in [6.45, 7) is 3.69. The number of aromatic nitrogens is 2. The lowest BCUT2D eigenvalue weighted by atomic mass is 9.98. The third-order valence-electron chi connectivity index (χ3n) is 8.39. The van der Waals surface area contributed by atoms with E-state index in [0.29, 0.717) is 0 Å². The Morgan fingerprint density at radius 1 is 1.00 bits per heavy atom. The molecule has 4 rings (SSSR count). The molecule has 5 N–H and O–H groups in total. The first-order valence-electron chi connectivity index (χ1n) is 15.4. The summed E-state index contributed by atoms with van der Waals surface area (Å²) in [4.78, 5) is 51.7. The first kappa shape index (κ1) is 34.5. The fourth-order valence-electron chi connectivity index (χ4n) is 5.75. The highest BCUT2D eigenvalue weighted by atomic mass is 31.2. The van der Waals surface area contributed by atoms with Gasteiger partial charge in [0, 0.05) is 12.3 Å². The van der Waals surface area contributed by atoms with Crippen LogP contribution in [-0.4, -0.2) is 80.4 Å². The molecule has 0 unspecified atom stereocenters. The van der Waals surface area contributed by atoms with Crippen molar-refractivity contribution < 1.29 is 43.1 Å². The Morgan fingerprint density at radius 3 is 1.98 bits per heavy atom. The van der Waals surface area contributed by atoms with Gasteiger partial charge in [-0.3, -0.25) is 28.5 Å². The molecule has 1 aromatic rings. The van der Waals surface area contributed by atoms with E-state index in [1.54, 1.807) is 0 Å². The molecule has 6 atom stereocenters. The maximum atomic E-state index is 14.2. The average Bonchev–Trinajstić information content (AvgIpc) is 3.21. The van der Waals surface area contributed by atoms with Gasteiger partial charge in [-0.15, -0.1) is 0 Å². The van der Waals surface area contributed by atoms with Crippen molar-refractivity contribution in [1.29, 1.82) is 0 Å². The number of aromatic amines is 1. The van der Waals surface area contributed by atoms with Gasteiger partial charge in [0.2, 0.25) is 0 Å². The van der Waals surface area contributed by atoms with Crippen LogP contribution in [0.1, 0.15) is 91.2 Å². The number of carbonyl (C=O) groups is 2. The van der Waals surface area contributed by atoms with Crippen molar-refractivity contribution in [1.82, 2.24) is 19.7 Å². The minimum absolute atomic E-state index is 0.242. The molecule has 15 nitrogen and oxygen atoms in total. The molecule has 1 aromatic heterocycles. The van der Waals surface area contributed by atoms with Crippen LogP contribution in [0.5, 0.6) is 0 Å². The number of nitrogens with zero attached hydrogens (tertiary/aromatic N) is 1. The number of carbonyl (C=O) groups excluding carboxylic acids is 2. The van der Waals surface area contributed by atoms with Crippen molar-refractivity contribution in [2.75, 3.05) is 6.61 Å². The first-order chi connectivity index (χ1) is 20.8. The number of hydrogen-bond donors (Lipinski definition) is 5. The van der Waals surface area contributed by atoms with Crippen molar-refractivity contribution in [3.8, 4) is 0 Å². The Balaban J connectivity index is 1.48. The summed E-state index contributed by atoms with van der Waals surface area (Å²) >= 11 is 0. The van der Waals surface area contributed by atoms with Gasteiger partial charge in [-0.2, -0.15) is 0 Å². The second-order valence-corrected chi connectivity index (χ2v) is 14.1.